The molecule has 0 amide bonds. The van der Waals surface area contributed by atoms with Crippen LogP contribution < -0.4 is 11.2 Å². The molecule has 1 rings (SSSR count). The smallest absolute Gasteiger partial charge is 0.423 e. The first-order valence-corrected chi connectivity index (χ1v) is 2.88. The first kappa shape index (κ1) is 7.97. The molecular weight excluding hydrogens is 150 g/mol. The van der Waals surface area contributed by atoms with Gasteiger partial charge in [0.05, 0.1) is 6.20 Å². The van der Waals surface area contributed by atoms with Crippen molar-refractivity contribution in [2.75, 3.05) is 5.73 Å². The van der Waals surface area contributed by atoms with Gasteiger partial charge in [-0.25, -0.2) is 4.98 Å². The highest BCUT2D eigenvalue weighted by Crippen LogP contribution is 1.97. The minimum Gasteiger partial charge on any atom is -0.423 e. The molecule has 1 heterocycles. The fourth-order valence-corrected chi connectivity index (χ4v) is 0.663. The molecule has 0 atom stereocenters. The lowest BCUT2D eigenvalue weighted by molar-refractivity contribution is 0.422. The zero-order valence-corrected chi connectivity index (χ0v) is 5.53. The summed E-state index contributed by atoms with van der Waals surface area (Å²) < 4.78 is 12.5. The summed E-state index contributed by atoms with van der Waals surface area (Å²) in [5, 5.41) is 17.1. The van der Waals surface area contributed by atoms with Gasteiger partial charge in [0.25, 0.3) is 0 Å². The van der Waals surface area contributed by atoms with Gasteiger partial charge in [0.1, 0.15) is 0 Å². The Bertz CT molecular complexity index is 269. The molecule has 0 aliphatic heterocycles. The molecular formula is C5H6BFN2O2. The van der Waals surface area contributed by atoms with Crippen LogP contribution in [0.3, 0.4) is 0 Å². The van der Waals surface area contributed by atoms with Crippen LogP contribution in [-0.4, -0.2) is 22.2 Å². The van der Waals surface area contributed by atoms with E-state index in [4.69, 9.17) is 15.8 Å². The van der Waals surface area contributed by atoms with Crippen LogP contribution in [0.25, 0.3) is 0 Å². The lowest BCUT2D eigenvalue weighted by Crippen LogP contribution is -2.33. The molecule has 58 valence electrons. The predicted molar refractivity (Wildman–Crippen MR) is 38.4 cm³/mol. The second-order valence-corrected chi connectivity index (χ2v) is 2.02. The Hall–Kier alpha value is -1.14. The number of rotatable bonds is 1. The van der Waals surface area contributed by atoms with Crippen molar-refractivity contribution in [1.29, 1.82) is 0 Å². The number of hydrogen-bond acceptors (Lipinski definition) is 4. The Balaban J connectivity index is 3.13. The molecule has 4 nitrogen and oxygen atoms in total. The van der Waals surface area contributed by atoms with E-state index in [1.807, 2.05) is 0 Å². The Morgan fingerprint density at radius 1 is 1.55 bits per heavy atom. The SMILES string of the molecule is Nc1cnc(F)c(B(O)O)c1. The lowest BCUT2D eigenvalue weighted by Gasteiger charge is -2.00. The maximum atomic E-state index is 12.5. The van der Waals surface area contributed by atoms with Crippen molar-refractivity contribution >= 4 is 18.3 Å². The highest BCUT2D eigenvalue weighted by atomic mass is 19.1. The highest BCUT2D eigenvalue weighted by molar-refractivity contribution is 6.58. The van der Waals surface area contributed by atoms with Gasteiger partial charge in [-0.1, -0.05) is 0 Å². The van der Waals surface area contributed by atoms with Crippen LogP contribution in [0.2, 0.25) is 0 Å². The van der Waals surface area contributed by atoms with E-state index < -0.39 is 13.1 Å². The maximum absolute atomic E-state index is 12.5. The minimum absolute atomic E-state index is 0.189. The zero-order chi connectivity index (χ0) is 8.43. The lowest BCUT2D eigenvalue weighted by atomic mass is 9.81. The third kappa shape index (κ3) is 1.66. The molecule has 0 bridgehead atoms. The molecule has 6 heteroatoms. The molecule has 1 aromatic heterocycles. The third-order valence-corrected chi connectivity index (χ3v) is 1.17. The van der Waals surface area contributed by atoms with Crippen LogP contribution >= 0.6 is 0 Å². The van der Waals surface area contributed by atoms with Gasteiger partial charge in [-0.15, -0.1) is 0 Å². The normalized spacial score (nSPS) is 9.73. The van der Waals surface area contributed by atoms with Gasteiger partial charge < -0.3 is 15.8 Å². The standard InChI is InChI=1S/C5H6BFN2O2/c7-5-4(6(10)11)1-3(8)2-9-5/h1-2,10-11H,8H2. The van der Waals surface area contributed by atoms with E-state index in [-0.39, 0.29) is 11.2 Å². The van der Waals surface area contributed by atoms with Crippen LogP contribution in [0, 0.1) is 5.95 Å². The number of hydrogen-bond donors (Lipinski definition) is 3. The Kier molecular flexibility index (Phi) is 2.07. The molecule has 0 fully saturated rings. The largest absolute Gasteiger partial charge is 0.493 e. The van der Waals surface area contributed by atoms with Crippen LogP contribution in [-0.2, 0) is 0 Å². The number of nitrogens with zero attached hydrogens (tertiary/aromatic N) is 1. The fourth-order valence-electron chi connectivity index (χ4n) is 0.663. The van der Waals surface area contributed by atoms with Gasteiger partial charge in [0.15, 0.2) is 0 Å². The summed E-state index contributed by atoms with van der Waals surface area (Å²) in [6.07, 6.45) is 1.10. The van der Waals surface area contributed by atoms with Crippen LogP contribution in [0.15, 0.2) is 12.3 Å². The summed E-state index contributed by atoms with van der Waals surface area (Å²) >= 11 is 0. The second kappa shape index (κ2) is 2.85. The van der Waals surface area contributed by atoms with Gasteiger partial charge >= 0.3 is 7.12 Å². The molecule has 11 heavy (non-hydrogen) atoms. The molecule has 0 unspecified atom stereocenters. The van der Waals surface area contributed by atoms with Crippen molar-refractivity contribution < 1.29 is 14.4 Å². The third-order valence-electron chi connectivity index (χ3n) is 1.17. The molecule has 0 saturated carbocycles. The van der Waals surface area contributed by atoms with Crippen molar-refractivity contribution in [2.45, 2.75) is 0 Å². The van der Waals surface area contributed by atoms with E-state index in [2.05, 4.69) is 4.98 Å². The Morgan fingerprint density at radius 3 is 2.64 bits per heavy atom. The molecule has 0 spiro atoms. The van der Waals surface area contributed by atoms with E-state index in [9.17, 15) is 4.39 Å². The number of nitrogen functional groups attached to an aromatic ring is 1. The quantitative estimate of drug-likeness (QED) is 0.340. The van der Waals surface area contributed by atoms with Gasteiger partial charge in [-0.05, 0) is 6.07 Å². The molecule has 1 aromatic rings. The van der Waals surface area contributed by atoms with Crippen molar-refractivity contribution in [3.8, 4) is 0 Å². The van der Waals surface area contributed by atoms with Crippen molar-refractivity contribution in [3.05, 3.63) is 18.2 Å². The van der Waals surface area contributed by atoms with Crippen molar-refractivity contribution in [3.63, 3.8) is 0 Å². The van der Waals surface area contributed by atoms with Crippen molar-refractivity contribution in [1.82, 2.24) is 4.98 Å². The molecule has 0 aromatic carbocycles. The van der Waals surface area contributed by atoms with Crippen LogP contribution in [0.5, 0.6) is 0 Å². The summed E-state index contributed by atoms with van der Waals surface area (Å²) in [5.41, 5.74) is 5.09. The van der Waals surface area contributed by atoms with Gasteiger partial charge in [0, 0.05) is 11.2 Å². The summed E-state index contributed by atoms with van der Waals surface area (Å²) in [5.74, 6) is -0.922. The Labute approximate surface area is 62.6 Å². The van der Waals surface area contributed by atoms with Gasteiger partial charge in [-0.3, -0.25) is 0 Å². The van der Waals surface area contributed by atoms with E-state index in [1.54, 1.807) is 0 Å². The van der Waals surface area contributed by atoms with E-state index in [1.165, 1.54) is 0 Å². The first-order valence-electron chi connectivity index (χ1n) is 2.88. The van der Waals surface area contributed by atoms with Crippen LogP contribution in [0.1, 0.15) is 0 Å². The van der Waals surface area contributed by atoms with Gasteiger partial charge in [0.2, 0.25) is 5.95 Å². The van der Waals surface area contributed by atoms with Crippen LogP contribution in [0.4, 0.5) is 10.1 Å². The monoisotopic (exact) mass is 156 g/mol. The predicted octanol–water partition coefficient (Wildman–Crippen LogP) is -1.52. The number of anilines is 1. The van der Waals surface area contributed by atoms with Crippen molar-refractivity contribution in [2.24, 2.45) is 0 Å². The highest BCUT2D eigenvalue weighted by Gasteiger charge is 2.17. The maximum Gasteiger partial charge on any atom is 0.493 e. The average molecular weight is 156 g/mol. The second-order valence-electron chi connectivity index (χ2n) is 2.02. The minimum atomic E-state index is -1.87. The van der Waals surface area contributed by atoms with E-state index in [0.29, 0.717) is 0 Å². The summed E-state index contributed by atoms with van der Waals surface area (Å²) in [6.45, 7) is 0. The van der Waals surface area contributed by atoms with Gasteiger partial charge in [-0.2, -0.15) is 4.39 Å². The molecule has 4 N–H and O–H groups in total. The molecule has 0 saturated heterocycles. The summed E-state index contributed by atoms with van der Waals surface area (Å²) in [6, 6.07) is 1.12. The average Bonchev–Trinajstić information content (AvgIpc) is 1.94. The molecule has 0 radical (unpaired) electrons. The topological polar surface area (TPSA) is 79.4 Å². The number of nitrogens with two attached hydrogens (primary N) is 1. The van der Waals surface area contributed by atoms with E-state index in [0.717, 1.165) is 12.3 Å². The summed E-state index contributed by atoms with van der Waals surface area (Å²) in [4.78, 5) is 3.19. The fraction of sp³-hybridized carbons (Fsp3) is 0. The summed E-state index contributed by atoms with van der Waals surface area (Å²) in [7, 11) is -1.87. The molecule has 0 aliphatic carbocycles. The Morgan fingerprint density at radius 2 is 2.18 bits per heavy atom. The number of aromatic nitrogens is 1. The van der Waals surface area contributed by atoms with E-state index >= 15 is 0 Å². The molecule has 0 aliphatic rings. The number of halogens is 1. The number of pyridine rings is 1. The first-order chi connectivity index (χ1) is 5.11. The zero-order valence-electron chi connectivity index (χ0n) is 5.53.